The second kappa shape index (κ2) is 5.20. The number of aromatic nitrogens is 3. The van der Waals surface area contributed by atoms with Gasteiger partial charge in [0.15, 0.2) is 0 Å². The van der Waals surface area contributed by atoms with Crippen molar-refractivity contribution in [2.24, 2.45) is 14.1 Å². The number of carbonyl (C=O) groups is 1. The summed E-state index contributed by atoms with van der Waals surface area (Å²) >= 11 is 0. The predicted molar refractivity (Wildman–Crippen MR) is 78.0 cm³/mol. The number of nitrogens with zero attached hydrogens (tertiary/aromatic N) is 3. The van der Waals surface area contributed by atoms with Gasteiger partial charge in [0.05, 0.1) is 12.2 Å². The van der Waals surface area contributed by atoms with Crippen LogP contribution in [0.1, 0.15) is 40.5 Å². The lowest BCUT2D eigenvalue weighted by molar-refractivity contribution is 0.0932. The summed E-state index contributed by atoms with van der Waals surface area (Å²) in [5, 5.41) is 7.28. The van der Waals surface area contributed by atoms with E-state index < -0.39 is 0 Å². The Hall–Kier alpha value is -2.37. The first kappa shape index (κ1) is 13.6. The molecule has 0 saturated carbocycles. The number of amides is 1. The SMILES string of the molecule is Cn1ncc2c1CCC[C@H]2NC(=O)c1ccn(C)c(=O)c1. The fraction of sp³-hybridized carbons (Fsp3) is 0.400. The Morgan fingerprint density at radius 2 is 2.24 bits per heavy atom. The zero-order valence-electron chi connectivity index (χ0n) is 12.2. The van der Waals surface area contributed by atoms with Crippen LogP contribution < -0.4 is 10.9 Å². The van der Waals surface area contributed by atoms with Crippen LogP contribution in [0.5, 0.6) is 0 Å². The van der Waals surface area contributed by atoms with Crippen molar-refractivity contribution in [2.45, 2.75) is 25.3 Å². The van der Waals surface area contributed by atoms with Crippen molar-refractivity contribution < 1.29 is 4.79 Å². The van der Waals surface area contributed by atoms with Gasteiger partial charge in [0, 0.05) is 43.2 Å². The fourth-order valence-electron chi connectivity index (χ4n) is 2.79. The van der Waals surface area contributed by atoms with E-state index >= 15 is 0 Å². The summed E-state index contributed by atoms with van der Waals surface area (Å²) in [5.74, 6) is -0.214. The van der Waals surface area contributed by atoms with E-state index in [0.717, 1.165) is 24.8 Å². The van der Waals surface area contributed by atoms with E-state index in [1.54, 1.807) is 19.3 Å². The van der Waals surface area contributed by atoms with Gasteiger partial charge in [-0.3, -0.25) is 14.3 Å². The Kier molecular flexibility index (Phi) is 3.37. The quantitative estimate of drug-likeness (QED) is 0.893. The van der Waals surface area contributed by atoms with E-state index in [4.69, 9.17) is 0 Å². The monoisotopic (exact) mass is 286 g/mol. The fourth-order valence-corrected chi connectivity index (χ4v) is 2.79. The van der Waals surface area contributed by atoms with Crippen LogP contribution in [0.4, 0.5) is 0 Å². The predicted octanol–water partition coefficient (Wildman–Crippen LogP) is 0.926. The highest BCUT2D eigenvalue weighted by atomic mass is 16.2. The number of rotatable bonds is 2. The van der Waals surface area contributed by atoms with Crippen LogP contribution in [-0.2, 0) is 20.5 Å². The molecule has 0 spiro atoms. The van der Waals surface area contributed by atoms with Gasteiger partial charge in [0.2, 0.25) is 0 Å². The van der Waals surface area contributed by atoms with Gasteiger partial charge in [-0.2, -0.15) is 5.10 Å². The maximum absolute atomic E-state index is 12.3. The number of pyridine rings is 1. The lowest BCUT2D eigenvalue weighted by Crippen LogP contribution is -2.32. The molecule has 2 aromatic rings. The standard InChI is InChI=1S/C15H18N4O2/c1-18-7-6-10(8-14(18)20)15(21)17-12-4-3-5-13-11(12)9-16-19(13)2/h6-9,12H,3-5H2,1-2H3,(H,17,21)/t12-/m1/s1. The zero-order chi connectivity index (χ0) is 15.0. The van der Waals surface area contributed by atoms with Crippen molar-refractivity contribution in [3.63, 3.8) is 0 Å². The van der Waals surface area contributed by atoms with Crippen molar-refractivity contribution in [3.05, 3.63) is 51.7 Å². The van der Waals surface area contributed by atoms with Gasteiger partial charge in [-0.05, 0) is 25.3 Å². The summed E-state index contributed by atoms with van der Waals surface area (Å²) in [7, 11) is 3.58. The van der Waals surface area contributed by atoms with Crippen LogP contribution >= 0.6 is 0 Å². The summed E-state index contributed by atoms with van der Waals surface area (Å²) < 4.78 is 3.31. The van der Waals surface area contributed by atoms with Gasteiger partial charge < -0.3 is 9.88 Å². The van der Waals surface area contributed by atoms with Gasteiger partial charge in [-0.1, -0.05) is 0 Å². The molecule has 0 fully saturated rings. The van der Waals surface area contributed by atoms with Crippen molar-refractivity contribution in [2.75, 3.05) is 0 Å². The number of fused-ring (bicyclic) bond motifs is 1. The molecule has 0 bridgehead atoms. The van der Waals surface area contributed by atoms with E-state index in [0.29, 0.717) is 5.56 Å². The minimum atomic E-state index is -0.214. The topological polar surface area (TPSA) is 68.9 Å². The first-order valence-corrected chi connectivity index (χ1v) is 7.04. The van der Waals surface area contributed by atoms with E-state index in [-0.39, 0.29) is 17.5 Å². The molecule has 6 nitrogen and oxygen atoms in total. The third-order valence-electron chi connectivity index (χ3n) is 4.05. The second-order valence-corrected chi connectivity index (χ2v) is 5.45. The molecule has 2 aromatic heterocycles. The molecular formula is C15H18N4O2. The smallest absolute Gasteiger partial charge is 0.252 e. The molecule has 6 heteroatoms. The van der Waals surface area contributed by atoms with E-state index in [2.05, 4.69) is 10.4 Å². The molecule has 0 aliphatic heterocycles. The highest BCUT2D eigenvalue weighted by Gasteiger charge is 2.25. The van der Waals surface area contributed by atoms with Gasteiger partial charge in [-0.25, -0.2) is 0 Å². The molecule has 0 aromatic carbocycles. The Bertz CT molecular complexity index is 744. The third-order valence-corrected chi connectivity index (χ3v) is 4.05. The van der Waals surface area contributed by atoms with Crippen LogP contribution in [0.25, 0.3) is 0 Å². The van der Waals surface area contributed by atoms with Crippen LogP contribution in [0.15, 0.2) is 29.3 Å². The van der Waals surface area contributed by atoms with Crippen LogP contribution in [0, 0.1) is 0 Å². The molecule has 0 radical (unpaired) electrons. The third kappa shape index (κ3) is 2.49. The Morgan fingerprint density at radius 3 is 3.00 bits per heavy atom. The molecule has 110 valence electrons. The molecule has 21 heavy (non-hydrogen) atoms. The molecule has 1 amide bonds. The van der Waals surface area contributed by atoms with Crippen molar-refractivity contribution >= 4 is 5.91 Å². The van der Waals surface area contributed by atoms with Gasteiger partial charge in [-0.15, -0.1) is 0 Å². The summed E-state index contributed by atoms with van der Waals surface area (Å²) in [5.41, 5.74) is 2.47. The van der Waals surface area contributed by atoms with Gasteiger partial charge in [0.1, 0.15) is 0 Å². The molecule has 2 heterocycles. The lowest BCUT2D eigenvalue weighted by Gasteiger charge is -2.23. The molecule has 1 aliphatic rings. The molecule has 1 atom stereocenters. The molecular weight excluding hydrogens is 268 g/mol. The van der Waals surface area contributed by atoms with E-state index in [1.807, 2.05) is 17.9 Å². The summed E-state index contributed by atoms with van der Waals surface area (Å²) in [4.78, 5) is 23.9. The Labute approximate surface area is 122 Å². The molecule has 0 unspecified atom stereocenters. The Balaban J connectivity index is 1.82. The number of carbonyl (C=O) groups excluding carboxylic acids is 1. The average molecular weight is 286 g/mol. The first-order chi connectivity index (χ1) is 10.1. The lowest BCUT2D eigenvalue weighted by atomic mass is 9.93. The van der Waals surface area contributed by atoms with E-state index in [1.165, 1.54) is 16.3 Å². The van der Waals surface area contributed by atoms with Crippen molar-refractivity contribution in [1.29, 1.82) is 0 Å². The Morgan fingerprint density at radius 1 is 1.43 bits per heavy atom. The maximum Gasteiger partial charge on any atom is 0.252 e. The summed E-state index contributed by atoms with van der Waals surface area (Å²) in [6, 6.07) is 2.99. The average Bonchev–Trinajstić information content (AvgIpc) is 2.85. The maximum atomic E-state index is 12.3. The number of aryl methyl sites for hydroxylation is 2. The molecule has 3 rings (SSSR count). The summed E-state index contributed by atoms with van der Waals surface area (Å²) in [6.07, 6.45) is 6.34. The highest BCUT2D eigenvalue weighted by Crippen LogP contribution is 2.29. The van der Waals surface area contributed by atoms with Crippen molar-refractivity contribution in [1.82, 2.24) is 19.7 Å². The zero-order valence-corrected chi connectivity index (χ0v) is 12.2. The number of hydrogen-bond acceptors (Lipinski definition) is 3. The second-order valence-electron chi connectivity index (χ2n) is 5.45. The van der Waals surface area contributed by atoms with Crippen LogP contribution in [-0.4, -0.2) is 20.3 Å². The van der Waals surface area contributed by atoms with Gasteiger partial charge >= 0.3 is 0 Å². The normalized spacial score (nSPS) is 17.3. The summed E-state index contributed by atoms with van der Waals surface area (Å²) in [6.45, 7) is 0. The molecule has 0 saturated heterocycles. The minimum Gasteiger partial charge on any atom is -0.345 e. The van der Waals surface area contributed by atoms with E-state index in [9.17, 15) is 9.59 Å². The number of nitrogens with one attached hydrogen (secondary N) is 1. The molecule has 1 aliphatic carbocycles. The van der Waals surface area contributed by atoms with Gasteiger partial charge in [0.25, 0.3) is 11.5 Å². The number of hydrogen-bond donors (Lipinski definition) is 1. The molecule has 1 N–H and O–H groups in total. The van der Waals surface area contributed by atoms with Crippen LogP contribution in [0.2, 0.25) is 0 Å². The first-order valence-electron chi connectivity index (χ1n) is 7.04. The minimum absolute atomic E-state index is 0.0287. The van der Waals surface area contributed by atoms with Crippen LogP contribution in [0.3, 0.4) is 0 Å². The largest absolute Gasteiger partial charge is 0.345 e. The van der Waals surface area contributed by atoms with Crippen molar-refractivity contribution in [3.8, 4) is 0 Å². The highest BCUT2D eigenvalue weighted by molar-refractivity contribution is 5.94.